The molecule has 0 unspecified atom stereocenters. The summed E-state index contributed by atoms with van der Waals surface area (Å²) < 4.78 is 26.5. The van der Waals surface area contributed by atoms with Crippen LogP contribution in [0.15, 0.2) is 24.4 Å². The number of rotatable bonds is 2. The van der Waals surface area contributed by atoms with Gasteiger partial charge in [0.25, 0.3) is 5.91 Å². The summed E-state index contributed by atoms with van der Waals surface area (Å²) in [6.07, 6.45) is 1.06. The fourth-order valence-electron chi connectivity index (χ4n) is 2.15. The molecule has 2 rings (SSSR count). The number of carbonyl (C=O) groups excluding carboxylic acids is 1. The molecule has 1 N–H and O–H groups in total. The summed E-state index contributed by atoms with van der Waals surface area (Å²) in [5, 5.41) is 2.62. The number of amides is 1. The van der Waals surface area contributed by atoms with Gasteiger partial charge in [-0.2, -0.15) is 4.39 Å². The van der Waals surface area contributed by atoms with Gasteiger partial charge in [-0.3, -0.25) is 4.79 Å². The first-order valence-corrected chi connectivity index (χ1v) is 6.09. The third kappa shape index (κ3) is 2.66. The summed E-state index contributed by atoms with van der Waals surface area (Å²) in [4.78, 5) is 15.2. The van der Waals surface area contributed by atoms with Gasteiger partial charge in [0.2, 0.25) is 5.95 Å². The summed E-state index contributed by atoms with van der Waals surface area (Å²) >= 11 is 0. The van der Waals surface area contributed by atoms with E-state index in [2.05, 4.69) is 10.3 Å². The Morgan fingerprint density at radius 3 is 2.35 bits per heavy atom. The minimum atomic E-state index is -1.28. The van der Waals surface area contributed by atoms with E-state index < -0.39 is 17.7 Å². The Morgan fingerprint density at radius 1 is 1.15 bits per heavy atom. The van der Waals surface area contributed by atoms with Gasteiger partial charge in [0.05, 0.1) is 5.56 Å². The first-order valence-electron chi connectivity index (χ1n) is 6.09. The molecule has 0 aliphatic rings. The molecule has 3 nitrogen and oxygen atoms in total. The van der Waals surface area contributed by atoms with E-state index in [0.29, 0.717) is 5.69 Å². The van der Waals surface area contributed by atoms with Gasteiger partial charge in [-0.25, -0.2) is 9.37 Å². The molecule has 0 spiro atoms. The molecule has 0 radical (unpaired) electrons. The SMILES string of the molecule is Cc1cc(C)c(NC(=O)c2ccnc(F)c2F)c(C)c1. The van der Waals surface area contributed by atoms with Crippen molar-refractivity contribution >= 4 is 11.6 Å². The number of pyridine rings is 1. The van der Waals surface area contributed by atoms with E-state index in [4.69, 9.17) is 0 Å². The topological polar surface area (TPSA) is 42.0 Å². The molecule has 0 saturated carbocycles. The second kappa shape index (κ2) is 5.36. The van der Waals surface area contributed by atoms with Crippen LogP contribution >= 0.6 is 0 Å². The lowest BCUT2D eigenvalue weighted by molar-refractivity contribution is 0.102. The molecular weight excluding hydrogens is 262 g/mol. The predicted molar refractivity (Wildman–Crippen MR) is 72.8 cm³/mol. The van der Waals surface area contributed by atoms with E-state index in [1.165, 1.54) is 0 Å². The number of hydrogen-bond acceptors (Lipinski definition) is 2. The van der Waals surface area contributed by atoms with Crippen molar-refractivity contribution in [3.05, 3.63) is 58.4 Å². The summed E-state index contributed by atoms with van der Waals surface area (Å²) in [5.74, 6) is -3.22. The number of benzene rings is 1. The van der Waals surface area contributed by atoms with Crippen LogP contribution in [-0.4, -0.2) is 10.9 Å². The maximum absolute atomic E-state index is 13.5. The number of aryl methyl sites for hydroxylation is 3. The average molecular weight is 276 g/mol. The Kier molecular flexibility index (Phi) is 3.79. The van der Waals surface area contributed by atoms with Crippen molar-refractivity contribution in [1.29, 1.82) is 0 Å². The van der Waals surface area contributed by atoms with E-state index in [1.54, 1.807) is 0 Å². The Bertz CT molecular complexity index is 661. The van der Waals surface area contributed by atoms with Crippen molar-refractivity contribution in [2.24, 2.45) is 0 Å². The molecule has 0 bridgehead atoms. The van der Waals surface area contributed by atoms with E-state index in [9.17, 15) is 13.6 Å². The lowest BCUT2D eigenvalue weighted by Gasteiger charge is -2.13. The monoisotopic (exact) mass is 276 g/mol. The first kappa shape index (κ1) is 14.1. The largest absolute Gasteiger partial charge is 0.321 e. The van der Waals surface area contributed by atoms with Gasteiger partial charge < -0.3 is 5.32 Å². The average Bonchev–Trinajstić information content (AvgIpc) is 2.36. The molecule has 0 atom stereocenters. The molecule has 5 heteroatoms. The van der Waals surface area contributed by atoms with Crippen molar-refractivity contribution < 1.29 is 13.6 Å². The molecule has 0 fully saturated rings. The summed E-state index contributed by atoms with van der Waals surface area (Å²) in [6.45, 7) is 5.64. The highest BCUT2D eigenvalue weighted by Gasteiger charge is 2.17. The van der Waals surface area contributed by atoms with Crippen LogP contribution in [0.1, 0.15) is 27.0 Å². The second-order valence-corrected chi connectivity index (χ2v) is 4.69. The Hall–Kier alpha value is -2.30. The third-order valence-corrected chi connectivity index (χ3v) is 3.01. The van der Waals surface area contributed by atoms with E-state index >= 15 is 0 Å². The zero-order chi connectivity index (χ0) is 14.9. The summed E-state index contributed by atoms with van der Waals surface area (Å²) in [6, 6.07) is 4.96. The van der Waals surface area contributed by atoms with Gasteiger partial charge in [-0.1, -0.05) is 17.7 Å². The summed E-state index contributed by atoms with van der Waals surface area (Å²) in [5.41, 5.74) is 3.05. The second-order valence-electron chi connectivity index (χ2n) is 4.69. The first-order chi connectivity index (χ1) is 9.40. The lowest BCUT2D eigenvalue weighted by atomic mass is 10.0. The molecule has 0 saturated heterocycles. The maximum Gasteiger partial charge on any atom is 0.258 e. The number of carbonyl (C=O) groups is 1. The molecule has 1 amide bonds. The number of aromatic nitrogens is 1. The van der Waals surface area contributed by atoms with Gasteiger partial charge in [-0.15, -0.1) is 0 Å². The molecule has 1 aromatic carbocycles. The predicted octanol–water partition coefficient (Wildman–Crippen LogP) is 3.54. The van der Waals surface area contributed by atoms with Crippen LogP contribution in [0, 0.1) is 32.5 Å². The van der Waals surface area contributed by atoms with Crippen LogP contribution in [0.25, 0.3) is 0 Å². The highest BCUT2D eigenvalue weighted by molar-refractivity contribution is 6.05. The van der Waals surface area contributed by atoms with E-state index in [-0.39, 0.29) is 5.56 Å². The quantitative estimate of drug-likeness (QED) is 0.852. The van der Waals surface area contributed by atoms with Crippen LogP contribution in [0.5, 0.6) is 0 Å². The number of nitrogens with one attached hydrogen (secondary N) is 1. The van der Waals surface area contributed by atoms with Crippen LogP contribution < -0.4 is 5.32 Å². The molecule has 20 heavy (non-hydrogen) atoms. The molecule has 1 aromatic heterocycles. The number of anilines is 1. The minimum Gasteiger partial charge on any atom is -0.321 e. The van der Waals surface area contributed by atoms with Gasteiger partial charge >= 0.3 is 0 Å². The maximum atomic E-state index is 13.5. The highest BCUT2D eigenvalue weighted by atomic mass is 19.2. The van der Waals surface area contributed by atoms with Crippen molar-refractivity contribution in [3.63, 3.8) is 0 Å². The zero-order valence-corrected chi connectivity index (χ0v) is 11.4. The lowest BCUT2D eigenvalue weighted by Crippen LogP contribution is -2.16. The van der Waals surface area contributed by atoms with Gasteiger partial charge in [-0.05, 0) is 38.0 Å². The van der Waals surface area contributed by atoms with Gasteiger partial charge in [0.1, 0.15) is 0 Å². The standard InChI is InChI=1S/C15H14F2N2O/c1-8-6-9(2)13(10(3)7-8)19-15(20)11-4-5-18-14(17)12(11)16/h4-7H,1-3H3,(H,19,20). The van der Waals surface area contributed by atoms with Crippen molar-refractivity contribution in [2.45, 2.75) is 20.8 Å². The Morgan fingerprint density at radius 2 is 1.75 bits per heavy atom. The molecule has 1 heterocycles. The Labute approximate surface area is 115 Å². The molecular formula is C15H14F2N2O. The van der Waals surface area contributed by atoms with Crippen molar-refractivity contribution in [1.82, 2.24) is 4.98 Å². The molecule has 104 valence electrons. The summed E-state index contributed by atoms with van der Waals surface area (Å²) in [7, 11) is 0. The van der Waals surface area contributed by atoms with Crippen molar-refractivity contribution in [3.8, 4) is 0 Å². The van der Waals surface area contributed by atoms with Crippen LogP contribution in [-0.2, 0) is 0 Å². The third-order valence-electron chi connectivity index (χ3n) is 3.01. The zero-order valence-electron chi connectivity index (χ0n) is 11.4. The fourth-order valence-corrected chi connectivity index (χ4v) is 2.15. The van der Waals surface area contributed by atoms with Crippen LogP contribution in [0.4, 0.5) is 14.5 Å². The smallest absolute Gasteiger partial charge is 0.258 e. The fraction of sp³-hybridized carbons (Fsp3) is 0.200. The Balaban J connectivity index is 2.36. The number of halogens is 2. The molecule has 2 aromatic rings. The minimum absolute atomic E-state index is 0.364. The number of hydrogen-bond donors (Lipinski definition) is 1. The van der Waals surface area contributed by atoms with Gasteiger partial charge in [0.15, 0.2) is 5.82 Å². The molecule has 0 aliphatic heterocycles. The molecule has 0 aliphatic carbocycles. The van der Waals surface area contributed by atoms with Crippen molar-refractivity contribution in [2.75, 3.05) is 5.32 Å². The normalized spacial score (nSPS) is 10.4. The highest BCUT2D eigenvalue weighted by Crippen LogP contribution is 2.23. The number of nitrogens with zero attached hydrogens (tertiary/aromatic N) is 1. The van der Waals surface area contributed by atoms with Crippen LogP contribution in [0.2, 0.25) is 0 Å². The van der Waals surface area contributed by atoms with E-state index in [0.717, 1.165) is 29.0 Å². The van der Waals surface area contributed by atoms with E-state index in [1.807, 2.05) is 32.9 Å². The van der Waals surface area contributed by atoms with Gasteiger partial charge in [0, 0.05) is 11.9 Å². The van der Waals surface area contributed by atoms with Crippen LogP contribution in [0.3, 0.4) is 0 Å².